The van der Waals surface area contributed by atoms with Crippen molar-refractivity contribution in [3.63, 3.8) is 0 Å². The maximum atomic E-state index is 11.9. The average molecular weight is 252 g/mol. The molecule has 1 aliphatic rings. The molecule has 1 amide bonds. The van der Waals surface area contributed by atoms with Crippen molar-refractivity contribution in [2.24, 2.45) is 7.05 Å². The first-order chi connectivity index (χ1) is 8.70. The van der Waals surface area contributed by atoms with E-state index < -0.39 is 0 Å². The van der Waals surface area contributed by atoms with Crippen molar-refractivity contribution in [2.45, 2.75) is 12.5 Å². The van der Waals surface area contributed by atoms with Crippen molar-refractivity contribution in [3.05, 3.63) is 18.0 Å². The Bertz CT molecular complexity index is 405. The van der Waals surface area contributed by atoms with Gasteiger partial charge in [0.2, 0.25) is 5.91 Å². The highest BCUT2D eigenvalue weighted by Gasteiger charge is 2.25. The predicted molar refractivity (Wildman–Crippen MR) is 67.0 cm³/mol. The molecule has 100 valence electrons. The number of ether oxygens (including phenoxy) is 1. The summed E-state index contributed by atoms with van der Waals surface area (Å²) in [4.78, 5) is 13.8. The molecule has 1 atom stereocenters. The molecular formula is C12H20N4O2. The number of aromatic nitrogens is 2. The van der Waals surface area contributed by atoms with Crippen LogP contribution < -0.4 is 5.32 Å². The first kappa shape index (κ1) is 13.0. The zero-order chi connectivity index (χ0) is 13.0. The van der Waals surface area contributed by atoms with E-state index in [0.29, 0.717) is 32.7 Å². The summed E-state index contributed by atoms with van der Waals surface area (Å²) in [6, 6.07) is 0. The molecule has 2 rings (SSSR count). The molecule has 2 heterocycles. The molecule has 1 aliphatic heterocycles. The van der Waals surface area contributed by atoms with E-state index >= 15 is 0 Å². The fourth-order valence-corrected chi connectivity index (χ4v) is 2.07. The summed E-state index contributed by atoms with van der Waals surface area (Å²) in [5.74, 6) is 0.182. The SMILES string of the molecule is CNCCC(=O)N1CCOC(c2cnn(C)c2)C1. The maximum absolute atomic E-state index is 11.9. The van der Waals surface area contributed by atoms with Gasteiger partial charge in [-0.1, -0.05) is 0 Å². The number of amides is 1. The summed E-state index contributed by atoms with van der Waals surface area (Å²) in [5, 5.41) is 7.13. The number of nitrogens with zero attached hydrogens (tertiary/aromatic N) is 3. The lowest BCUT2D eigenvalue weighted by molar-refractivity contribution is -0.138. The van der Waals surface area contributed by atoms with Crippen LogP contribution in [0.1, 0.15) is 18.1 Å². The van der Waals surface area contributed by atoms with Crippen LogP contribution in [0.2, 0.25) is 0 Å². The number of aryl methyl sites for hydroxylation is 1. The van der Waals surface area contributed by atoms with E-state index in [1.165, 1.54) is 0 Å². The average Bonchev–Trinajstić information content (AvgIpc) is 2.83. The lowest BCUT2D eigenvalue weighted by Gasteiger charge is -2.32. The molecule has 18 heavy (non-hydrogen) atoms. The van der Waals surface area contributed by atoms with Gasteiger partial charge in [0.25, 0.3) is 0 Å². The van der Waals surface area contributed by atoms with Crippen LogP contribution in [-0.2, 0) is 16.6 Å². The molecule has 0 radical (unpaired) electrons. The highest BCUT2D eigenvalue weighted by molar-refractivity contribution is 5.76. The lowest BCUT2D eigenvalue weighted by atomic mass is 10.1. The van der Waals surface area contributed by atoms with Crippen LogP contribution >= 0.6 is 0 Å². The molecule has 1 N–H and O–H groups in total. The Hall–Kier alpha value is -1.40. The first-order valence-corrected chi connectivity index (χ1v) is 6.23. The van der Waals surface area contributed by atoms with Gasteiger partial charge in [-0.25, -0.2) is 0 Å². The number of morpholine rings is 1. The predicted octanol–water partition coefficient (Wildman–Crippen LogP) is -0.0705. The molecule has 1 saturated heterocycles. The smallest absolute Gasteiger partial charge is 0.224 e. The molecule has 0 spiro atoms. The van der Waals surface area contributed by atoms with E-state index in [9.17, 15) is 4.79 Å². The van der Waals surface area contributed by atoms with Crippen molar-refractivity contribution in [1.29, 1.82) is 0 Å². The van der Waals surface area contributed by atoms with Gasteiger partial charge < -0.3 is 15.0 Å². The largest absolute Gasteiger partial charge is 0.370 e. The van der Waals surface area contributed by atoms with Gasteiger partial charge in [-0.2, -0.15) is 5.10 Å². The molecule has 0 aliphatic carbocycles. The number of carbonyl (C=O) groups excluding carboxylic acids is 1. The molecule has 1 fully saturated rings. The Morgan fingerprint density at radius 2 is 2.50 bits per heavy atom. The molecule has 1 aromatic heterocycles. The standard InChI is InChI=1S/C12H20N4O2/c1-13-4-3-12(17)16-5-6-18-11(9-16)10-7-14-15(2)8-10/h7-8,11,13H,3-6,9H2,1-2H3. The Morgan fingerprint density at radius 3 is 3.17 bits per heavy atom. The fraction of sp³-hybridized carbons (Fsp3) is 0.667. The van der Waals surface area contributed by atoms with Gasteiger partial charge in [0, 0.05) is 38.3 Å². The van der Waals surface area contributed by atoms with Gasteiger partial charge in [0.15, 0.2) is 0 Å². The summed E-state index contributed by atoms with van der Waals surface area (Å²) in [5.41, 5.74) is 1.03. The molecule has 6 heteroatoms. The molecule has 1 unspecified atom stereocenters. The molecular weight excluding hydrogens is 232 g/mol. The van der Waals surface area contributed by atoms with Crippen LogP contribution in [0.3, 0.4) is 0 Å². The minimum Gasteiger partial charge on any atom is -0.370 e. The first-order valence-electron chi connectivity index (χ1n) is 6.23. The second kappa shape index (κ2) is 5.97. The van der Waals surface area contributed by atoms with Crippen molar-refractivity contribution in [1.82, 2.24) is 20.0 Å². The van der Waals surface area contributed by atoms with Crippen LogP contribution in [0, 0.1) is 0 Å². The van der Waals surface area contributed by atoms with Crippen LogP contribution in [0.5, 0.6) is 0 Å². The van der Waals surface area contributed by atoms with Crippen molar-refractivity contribution in [2.75, 3.05) is 33.3 Å². The van der Waals surface area contributed by atoms with Gasteiger partial charge in [0.05, 0.1) is 19.3 Å². The summed E-state index contributed by atoms with van der Waals surface area (Å²) < 4.78 is 7.45. The quantitative estimate of drug-likeness (QED) is 0.815. The second-order valence-corrected chi connectivity index (χ2v) is 4.50. The summed E-state index contributed by atoms with van der Waals surface area (Å²) in [7, 11) is 3.73. The van der Waals surface area contributed by atoms with E-state index in [1.54, 1.807) is 10.9 Å². The Morgan fingerprint density at radius 1 is 1.67 bits per heavy atom. The zero-order valence-corrected chi connectivity index (χ0v) is 10.9. The highest BCUT2D eigenvalue weighted by Crippen LogP contribution is 2.21. The lowest BCUT2D eigenvalue weighted by Crippen LogP contribution is -2.42. The summed E-state index contributed by atoms with van der Waals surface area (Å²) in [6.07, 6.45) is 4.22. The van der Waals surface area contributed by atoms with Gasteiger partial charge in [-0.05, 0) is 7.05 Å². The van der Waals surface area contributed by atoms with Crippen molar-refractivity contribution in [3.8, 4) is 0 Å². The van der Waals surface area contributed by atoms with Crippen molar-refractivity contribution >= 4 is 5.91 Å². The minimum absolute atomic E-state index is 0.0500. The summed E-state index contributed by atoms with van der Waals surface area (Å²) in [6.45, 7) is 2.60. The molecule has 0 bridgehead atoms. The van der Waals surface area contributed by atoms with Crippen molar-refractivity contribution < 1.29 is 9.53 Å². The summed E-state index contributed by atoms with van der Waals surface area (Å²) >= 11 is 0. The van der Waals surface area contributed by atoms with Crippen LogP contribution in [-0.4, -0.2) is 53.9 Å². The third-order valence-corrected chi connectivity index (χ3v) is 3.10. The third-order valence-electron chi connectivity index (χ3n) is 3.10. The van der Waals surface area contributed by atoms with Gasteiger partial charge in [-0.3, -0.25) is 9.48 Å². The maximum Gasteiger partial charge on any atom is 0.224 e. The van der Waals surface area contributed by atoms with Gasteiger partial charge in [-0.15, -0.1) is 0 Å². The topological polar surface area (TPSA) is 59.4 Å². The van der Waals surface area contributed by atoms with E-state index in [-0.39, 0.29) is 12.0 Å². The Labute approximate surface area is 107 Å². The van der Waals surface area contributed by atoms with E-state index in [2.05, 4.69) is 10.4 Å². The number of nitrogens with one attached hydrogen (secondary N) is 1. The Balaban J connectivity index is 1.94. The van der Waals surface area contributed by atoms with E-state index in [0.717, 1.165) is 5.56 Å². The second-order valence-electron chi connectivity index (χ2n) is 4.50. The van der Waals surface area contributed by atoms with Gasteiger partial charge >= 0.3 is 0 Å². The third kappa shape index (κ3) is 3.08. The normalized spacial score (nSPS) is 20.1. The number of hydrogen-bond acceptors (Lipinski definition) is 4. The van der Waals surface area contributed by atoms with E-state index in [1.807, 2.05) is 25.2 Å². The fourth-order valence-electron chi connectivity index (χ4n) is 2.07. The number of rotatable bonds is 4. The Kier molecular flexibility index (Phi) is 4.33. The van der Waals surface area contributed by atoms with E-state index in [4.69, 9.17) is 4.74 Å². The molecule has 0 saturated carbocycles. The molecule has 0 aromatic carbocycles. The number of carbonyl (C=O) groups is 1. The minimum atomic E-state index is -0.0500. The highest BCUT2D eigenvalue weighted by atomic mass is 16.5. The van der Waals surface area contributed by atoms with Crippen LogP contribution in [0.15, 0.2) is 12.4 Å². The molecule has 1 aromatic rings. The molecule has 6 nitrogen and oxygen atoms in total. The zero-order valence-electron chi connectivity index (χ0n) is 10.9. The van der Waals surface area contributed by atoms with Gasteiger partial charge in [0.1, 0.15) is 6.10 Å². The number of hydrogen-bond donors (Lipinski definition) is 1. The van der Waals surface area contributed by atoms with Crippen LogP contribution in [0.25, 0.3) is 0 Å². The monoisotopic (exact) mass is 252 g/mol. The van der Waals surface area contributed by atoms with Crippen LogP contribution in [0.4, 0.5) is 0 Å².